The number of aromatic nitrogens is 4. The third kappa shape index (κ3) is 2.10. The van der Waals surface area contributed by atoms with Crippen LogP contribution in [0, 0.1) is 0 Å². The summed E-state index contributed by atoms with van der Waals surface area (Å²) in [6.07, 6.45) is 0. The summed E-state index contributed by atoms with van der Waals surface area (Å²) < 4.78 is 7.05. The van der Waals surface area contributed by atoms with Crippen LogP contribution in [0.15, 0.2) is 18.2 Å². The normalized spacial score (nSPS) is 16.0. The molecule has 0 spiro atoms. The fraction of sp³-hybridized carbons (Fsp3) is 0.308. The molecule has 0 radical (unpaired) electrons. The molecular weight excluding hydrogens is 313 g/mol. The number of morpholine rings is 1. The molecular formula is C13H11Cl2N5O. The quantitative estimate of drug-likeness (QED) is 0.688. The first kappa shape index (κ1) is 13.1. The maximum atomic E-state index is 6.37. The van der Waals surface area contributed by atoms with Gasteiger partial charge in [0.1, 0.15) is 0 Å². The van der Waals surface area contributed by atoms with Crippen LogP contribution >= 0.6 is 23.2 Å². The number of hydrogen-bond donors (Lipinski definition) is 0. The minimum absolute atomic E-state index is 0.532. The van der Waals surface area contributed by atoms with Crippen LogP contribution in [0.1, 0.15) is 0 Å². The van der Waals surface area contributed by atoms with E-state index in [1.54, 1.807) is 10.6 Å². The van der Waals surface area contributed by atoms with Crippen molar-refractivity contribution in [2.45, 2.75) is 0 Å². The predicted octanol–water partition coefficient (Wildman–Crippen LogP) is 2.42. The number of pyridine rings is 1. The first-order valence-electron chi connectivity index (χ1n) is 6.56. The summed E-state index contributed by atoms with van der Waals surface area (Å²) in [6, 6.07) is 5.56. The molecule has 0 atom stereocenters. The van der Waals surface area contributed by atoms with Crippen LogP contribution < -0.4 is 4.90 Å². The van der Waals surface area contributed by atoms with Gasteiger partial charge < -0.3 is 9.64 Å². The van der Waals surface area contributed by atoms with E-state index < -0.39 is 0 Å². The van der Waals surface area contributed by atoms with E-state index in [2.05, 4.69) is 20.4 Å². The van der Waals surface area contributed by atoms with Crippen molar-refractivity contribution in [1.82, 2.24) is 20.0 Å². The number of ether oxygens (including phenoxy) is 1. The Balaban J connectivity index is 2.06. The average molecular weight is 324 g/mol. The fourth-order valence-corrected chi connectivity index (χ4v) is 3.26. The molecule has 1 aromatic carbocycles. The number of rotatable bonds is 1. The number of nitrogens with zero attached hydrogens (tertiary/aromatic N) is 5. The molecule has 21 heavy (non-hydrogen) atoms. The Hall–Kier alpha value is -1.63. The molecule has 3 heterocycles. The van der Waals surface area contributed by atoms with Crippen molar-refractivity contribution < 1.29 is 4.74 Å². The summed E-state index contributed by atoms with van der Waals surface area (Å²) >= 11 is 12.5. The first-order chi connectivity index (χ1) is 10.2. The Kier molecular flexibility index (Phi) is 3.10. The molecule has 0 bridgehead atoms. The highest BCUT2D eigenvalue weighted by atomic mass is 35.5. The largest absolute Gasteiger partial charge is 0.378 e. The van der Waals surface area contributed by atoms with Gasteiger partial charge in [0, 0.05) is 29.6 Å². The number of hydrogen-bond acceptors (Lipinski definition) is 5. The molecule has 2 aromatic heterocycles. The third-order valence-electron chi connectivity index (χ3n) is 3.63. The molecule has 0 saturated carbocycles. The van der Waals surface area contributed by atoms with Crippen molar-refractivity contribution in [3.05, 3.63) is 28.2 Å². The van der Waals surface area contributed by atoms with Gasteiger partial charge in [0.15, 0.2) is 5.65 Å². The second kappa shape index (κ2) is 4.98. The first-order valence-corrected chi connectivity index (χ1v) is 7.32. The van der Waals surface area contributed by atoms with E-state index in [0.29, 0.717) is 28.9 Å². The highest BCUT2D eigenvalue weighted by Crippen LogP contribution is 2.35. The Morgan fingerprint density at radius 2 is 1.90 bits per heavy atom. The van der Waals surface area contributed by atoms with E-state index in [0.717, 1.165) is 29.7 Å². The summed E-state index contributed by atoms with van der Waals surface area (Å²) in [4.78, 5) is 2.24. The van der Waals surface area contributed by atoms with E-state index in [-0.39, 0.29) is 0 Å². The highest BCUT2D eigenvalue weighted by Gasteiger charge is 2.19. The highest BCUT2D eigenvalue weighted by molar-refractivity contribution is 6.38. The van der Waals surface area contributed by atoms with Gasteiger partial charge in [-0.2, -0.15) is 4.52 Å². The van der Waals surface area contributed by atoms with Crippen LogP contribution in [-0.4, -0.2) is 46.3 Å². The minimum atomic E-state index is 0.532. The maximum Gasteiger partial charge on any atom is 0.182 e. The lowest BCUT2D eigenvalue weighted by Gasteiger charge is -2.30. The van der Waals surface area contributed by atoms with Gasteiger partial charge in [0.05, 0.1) is 29.4 Å². The molecule has 1 aliphatic heterocycles. The third-order valence-corrected chi connectivity index (χ3v) is 4.13. The van der Waals surface area contributed by atoms with Gasteiger partial charge in [-0.1, -0.05) is 23.2 Å². The van der Waals surface area contributed by atoms with Crippen LogP contribution in [0.2, 0.25) is 10.0 Å². The van der Waals surface area contributed by atoms with Crippen molar-refractivity contribution in [1.29, 1.82) is 0 Å². The van der Waals surface area contributed by atoms with Gasteiger partial charge >= 0.3 is 0 Å². The SMILES string of the molecule is Clc1cc(Cl)c2c(c1)c(N1CCOCC1)cc1nnnn12. The van der Waals surface area contributed by atoms with Crippen molar-refractivity contribution in [3.63, 3.8) is 0 Å². The van der Waals surface area contributed by atoms with Crippen molar-refractivity contribution >= 4 is 45.4 Å². The number of halogens is 2. The zero-order valence-electron chi connectivity index (χ0n) is 11.0. The summed E-state index contributed by atoms with van der Waals surface area (Å²) in [5.41, 5.74) is 2.46. The van der Waals surface area contributed by atoms with Crippen LogP contribution in [0.4, 0.5) is 5.69 Å². The molecule has 1 fully saturated rings. The van der Waals surface area contributed by atoms with Crippen LogP contribution in [-0.2, 0) is 4.74 Å². The van der Waals surface area contributed by atoms with Crippen LogP contribution in [0.25, 0.3) is 16.6 Å². The lowest BCUT2D eigenvalue weighted by Crippen LogP contribution is -2.36. The molecule has 6 nitrogen and oxygen atoms in total. The Morgan fingerprint density at radius 1 is 1.10 bits per heavy atom. The van der Waals surface area contributed by atoms with Crippen LogP contribution in [0.3, 0.4) is 0 Å². The van der Waals surface area contributed by atoms with Gasteiger partial charge in [0.25, 0.3) is 0 Å². The van der Waals surface area contributed by atoms with E-state index in [1.165, 1.54) is 0 Å². The molecule has 4 rings (SSSR count). The number of anilines is 1. The summed E-state index contributed by atoms with van der Waals surface area (Å²) in [5.74, 6) is 0. The topological polar surface area (TPSA) is 55.5 Å². The molecule has 8 heteroatoms. The van der Waals surface area contributed by atoms with E-state index in [4.69, 9.17) is 27.9 Å². The Bertz CT molecular complexity index is 828. The molecule has 1 saturated heterocycles. The fourth-order valence-electron chi connectivity index (χ4n) is 2.69. The minimum Gasteiger partial charge on any atom is -0.378 e. The molecule has 0 amide bonds. The Labute approximate surface area is 130 Å². The van der Waals surface area contributed by atoms with Gasteiger partial charge in [-0.15, -0.1) is 5.10 Å². The van der Waals surface area contributed by atoms with Crippen molar-refractivity contribution in [2.75, 3.05) is 31.2 Å². The average Bonchev–Trinajstić information content (AvgIpc) is 2.94. The van der Waals surface area contributed by atoms with E-state index in [1.807, 2.05) is 12.1 Å². The number of tetrazole rings is 1. The molecule has 0 aliphatic carbocycles. The van der Waals surface area contributed by atoms with Gasteiger partial charge in [0.2, 0.25) is 0 Å². The van der Waals surface area contributed by atoms with E-state index in [9.17, 15) is 0 Å². The lowest BCUT2D eigenvalue weighted by atomic mass is 10.1. The van der Waals surface area contributed by atoms with Crippen LogP contribution in [0.5, 0.6) is 0 Å². The van der Waals surface area contributed by atoms with Crippen molar-refractivity contribution in [2.24, 2.45) is 0 Å². The summed E-state index contributed by atoms with van der Waals surface area (Å²) in [7, 11) is 0. The van der Waals surface area contributed by atoms with E-state index >= 15 is 0 Å². The molecule has 0 unspecified atom stereocenters. The lowest BCUT2D eigenvalue weighted by molar-refractivity contribution is 0.123. The second-order valence-electron chi connectivity index (χ2n) is 4.86. The summed E-state index contributed by atoms with van der Waals surface area (Å²) in [6.45, 7) is 3.03. The maximum absolute atomic E-state index is 6.37. The standard InChI is InChI=1S/C13H11Cl2N5O/c14-8-5-9-11(19-1-3-21-4-2-19)7-12-16-17-18-20(12)13(9)10(15)6-8/h5-7H,1-4H2. The monoisotopic (exact) mass is 323 g/mol. The predicted molar refractivity (Wildman–Crippen MR) is 81.3 cm³/mol. The van der Waals surface area contributed by atoms with Gasteiger partial charge in [-0.3, -0.25) is 0 Å². The molecule has 1 aliphatic rings. The number of benzene rings is 1. The Morgan fingerprint density at radius 3 is 2.71 bits per heavy atom. The summed E-state index contributed by atoms with van der Waals surface area (Å²) in [5, 5.41) is 13.8. The van der Waals surface area contributed by atoms with Crippen molar-refractivity contribution in [3.8, 4) is 0 Å². The smallest absolute Gasteiger partial charge is 0.182 e. The van der Waals surface area contributed by atoms with Gasteiger partial charge in [-0.05, 0) is 22.6 Å². The molecule has 0 N–H and O–H groups in total. The number of fused-ring (bicyclic) bond motifs is 3. The second-order valence-corrected chi connectivity index (χ2v) is 5.71. The zero-order valence-corrected chi connectivity index (χ0v) is 12.5. The van der Waals surface area contributed by atoms with Gasteiger partial charge in [-0.25, -0.2) is 0 Å². The molecule has 108 valence electrons. The zero-order chi connectivity index (χ0) is 14.4. The molecule has 3 aromatic rings.